The summed E-state index contributed by atoms with van der Waals surface area (Å²) < 4.78 is 0. The molecule has 0 spiro atoms. The average Bonchev–Trinajstić information content (AvgIpc) is 2.24. The van der Waals surface area contributed by atoms with E-state index >= 15 is 0 Å². The van der Waals surface area contributed by atoms with E-state index in [0.29, 0.717) is 0 Å². The van der Waals surface area contributed by atoms with Crippen LogP contribution in [0.25, 0.3) is 0 Å². The predicted molar refractivity (Wildman–Crippen MR) is 63.1 cm³/mol. The highest BCUT2D eigenvalue weighted by Gasteiger charge is 2.12. The SMILES string of the molecule is C=CC(=O)NC(C=O)c1cc(C)cc(C)c1. The van der Waals surface area contributed by atoms with Gasteiger partial charge in [-0.25, -0.2) is 0 Å². The first-order chi connectivity index (χ1) is 7.56. The van der Waals surface area contributed by atoms with Gasteiger partial charge in [-0.05, 0) is 25.5 Å². The Morgan fingerprint density at radius 1 is 1.31 bits per heavy atom. The summed E-state index contributed by atoms with van der Waals surface area (Å²) in [6.45, 7) is 7.25. The van der Waals surface area contributed by atoms with Crippen LogP contribution in [0.3, 0.4) is 0 Å². The van der Waals surface area contributed by atoms with Gasteiger partial charge in [0.2, 0.25) is 5.91 Å². The van der Waals surface area contributed by atoms with Gasteiger partial charge in [0, 0.05) is 0 Å². The van der Waals surface area contributed by atoms with E-state index in [-0.39, 0.29) is 5.91 Å². The van der Waals surface area contributed by atoms with Gasteiger partial charge in [-0.1, -0.05) is 35.9 Å². The van der Waals surface area contributed by atoms with Crippen molar-refractivity contribution in [3.8, 4) is 0 Å². The second-order valence-corrected chi connectivity index (χ2v) is 3.75. The van der Waals surface area contributed by atoms with E-state index in [1.54, 1.807) is 0 Å². The summed E-state index contributed by atoms with van der Waals surface area (Å²) in [4.78, 5) is 22.1. The van der Waals surface area contributed by atoms with Crippen molar-refractivity contribution >= 4 is 12.2 Å². The van der Waals surface area contributed by atoms with Gasteiger partial charge < -0.3 is 10.1 Å². The van der Waals surface area contributed by atoms with Gasteiger partial charge in [0.15, 0.2) is 0 Å². The monoisotopic (exact) mass is 217 g/mol. The van der Waals surface area contributed by atoms with E-state index < -0.39 is 6.04 Å². The van der Waals surface area contributed by atoms with Crippen LogP contribution in [0.15, 0.2) is 30.9 Å². The predicted octanol–water partition coefficient (Wildman–Crippen LogP) is 1.85. The smallest absolute Gasteiger partial charge is 0.244 e. The Morgan fingerprint density at radius 2 is 1.88 bits per heavy atom. The molecule has 1 rings (SSSR count). The second-order valence-electron chi connectivity index (χ2n) is 3.75. The van der Waals surface area contributed by atoms with E-state index in [4.69, 9.17) is 0 Å². The number of carbonyl (C=O) groups is 2. The maximum Gasteiger partial charge on any atom is 0.244 e. The Kier molecular flexibility index (Phi) is 4.00. The molecular weight excluding hydrogens is 202 g/mol. The van der Waals surface area contributed by atoms with Crippen molar-refractivity contribution in [2.45, 2.75) is 19.9 Å². The molecule has 0 aliphatic carbocycles. The van der Waals surface area contributed by atoms with Crippen LogP contribution in [0, 0.1) is 13.8 Å². The summed E-state index contributed by atoms with van der Waals surface area (Å²) in [7, 11) is 0. The third-order valence-electron chi connectivity index (χ3n) is 2.22. The Labute approximate surface area is 95.2 Å². The van der Waals surface area contributed by atoms with Crippen molar-refractivity contribution < 1.29 is 9.59 Å². The molecule has 0 fully saturated rings. The molecule has 0 aliphatic rings. The molecule has 84 valence electrons. The molecule has 0 saturated carbocycles. The Morgan fingerprint density at radius 3 is 2.31 bits per heavy atom. The fourth-order valence-electron chi connectivity index (χ4n) is 1.60. The zero-order valence-corrected chi connectivity index (χ0v) is 9.49. The van der Waals surface area contributed by atoms with Crippen molar-refractivity contribution in [1.82, 2.24) is 5.32 Å². The van der Waals surface area contributed by atoms with Gasteiger partial charge >= 0.3 is 0 Å². The maximum atomic E-state index is 11.1. The molecule has 0 saturated heterocycles. The van der Waals surface area contributed by atoms with Crippen molar-refractivity contribution in [3.05, 3.63) is 47.5 Å². The topological polar surface area (TPSA) is 46.2 Å². The van der Waals surface area contributed by atoms with Gasteiger partial charge in [-0.15, -0.1) is 0 Å². The maximum absolute atomic E-state index is 11.1. The lowest BCUT2D eigenvalue weighted by atomic mass is 10.0. The molecule has 1 atom stereocenters. The third-order valence-corrected chi connectivity index (χ3v) is 2.22. The molecule has 1 aromatic carbocycles. The summed E-state index contributed by atoms with van der Waals surface area (Å²) in [6, 6.07) is 5.18. The van der Waals surface area contributed by atoms with Gasteiger partial charge in [0.05, 0.1) is 0 Å². The number of carbonyl (C=O) groups excluding carboxylic acids is 2. The quantitative estimate of drug-likeness (QED) is 0.618. The van der Waals surface area contributed by atoms with E-state index in [1.165, 1.54) is 0 Å². The molecule has 0 aromatic heterocycles. The summed E-state index contributed by atoms with van der Waals surface area (Å²) >= 11 is 0. The summed E-state index contributed by atoms with van der Waals surface area (Å²) in [5, 5.41) is 2.56. The van der Waals surface area contributed by atoms with Crippen LogP contribution in [-0.4, -0.2) is 12.2 Å². The largest absolute Gasteiger partial charge is 0.339 e. The van der Waals surface area contributed by atoms with E-state index in [2.05, 4.69) is 11.9 Å². The zero-order chi connectivity index (χ0) is 12.1. The highest BCUT2D eigenvalue weighted by Crippen LogP contribution is 2.15. The Bertz CT molecular complexity index is 404. The number of aldehydes is 1. The van der Waals surface area contributed by atoms with Gasteiger partial charge in [-0.2, -0.15) is 0 Å². The lowest BCUT2D eigenvalue weighted by Crippen LogP contribution is -2.27. The standard InChI is InChI=1S/C13H15NO2/c1-4-13(16)14-12(8-15)11-6-9(2)5-10(3)7-11/h4-8,12H,1H2,2-3H3,(H,14,16). The second kappa shape index (κ2) is 5.26. The lowest BCUT2D eigenvalue weighted by Gasteiger charge is -2.13. The molecule has 0 heterocycles. The van der Waals surface area contributed by atoms with Crippen LogP contribution < -0.4 is 5.32 Å². The molecular formula is C13H15NO2. The van der Waals surface area contributed by atoms with Crippen molar-refractivity contribution in [2.75, 3.05) is 0 Å². The van der Waals surface area contributed by atoms with Crippen molar-refractivity contribution in [3.63, 3.8) is 0 Å². The fourth-order valence-corrected chi connectivity index (χ4v) is 1.60. The minimum absolute atomic E-state index is 0.351. The number of hydrogen-bond acceptors (Lipinski definition) is 2. The molecule has 1 amide bonds. The zero-order valence-electron chi connectivity index (χ0n) is 9.49. The number of amides is 1. The molecule has 0 aliphatic heterocycles. The molecule has 1 aromatic rings. The molecule has 1 unspecified atom stereocenters. The van der Waals surface area contributed by atoms with Crippen molar-refractivity contribution in [1.29, 1.82) is 0 Å². The first-order valence-corrected chi connectivity index (χ1v) is 5.03. The van der Waals surface area contributed by atoms with Crippen LogP contribution in [0.5, 0.6) is 0 Å². The molecule has 16 heavy (non-hydrogen) atoms. The molecule has 0 radical (unpaired) electrons. The van der Waals surface area contributed by atoms with Crippen LogP contribution >= 0.6 is 0 Å². The fraction of sp³-hybridized carbons (Fsp3) is 0.231. The molecule has 3 heteroatoms. The normalized spacial score (nSPS) is 11.6. The van der Waals surface area contributed by atoms with E-state index in [0.717, 1.165) is 29.1 Å². The third kappa shape index (κ3) is 3.05. The van der Waals surface area contributed by atoms with Crippen LogP contribution in [0.2, 0.25) is 0 Å². The summed E-state index contributed by atoms with van der Waals surface area (Å²) in [5.41, 5.74) is 2.92. The van der Waals surface area contributed by atoms with E-state index in [1.807, 2.05) is 32.0 Å². The summed E-state index contributed by atoms with van der Waals surface area (Å²) in [6.07, 6.45) is 1.87. The minimum atomic E-state index is -0.607. The van der Waals surface area contributed by atoms with Crippen LogP contribution in [0.1, 0.15) is 22.7 Å². The van der Waals surface area contributed by atoms with Gasteiger partial charge in [0.25, 0.3) is 0 Å². The van der Waals surface area contributed by atoms with Crippen LogP contribution in [0.4, 0.5) is 0 Å². The average molecular weight is 217 g/mol. The number of nitrogens with one attached hydrogen (secondary N) is 1. The minimum Gasteiger partial charge on any atom is -0.339 e. The number of hydrogen-bond donors (Lipinski definition) is 1. The first-order valence-electron chi connectivity index (χ1n) is 5.03. The Balaban J connectivity index is 2.98. The first kappa shape index (κ1) is 12.2. The highest BCUT2D eigenvalue weighted by atomic mass is 16.2. The molecule has 3 nitrogen and oxygen atoms in total. The number of aryl methyl sites for hydroxylation is 2. The van der Waals surface area contributed by atoms with Crippen molar-refractivity contribution in [2.24, 2.45) is 0 Å². The molecule has 0 bridgehead atoms. The van der Waals surface area contributed by atoms with Crippen LogP contribution in [-0.2, 0) is 9.59 Å². The molecule has 1 N–H and O–H groups in total. The van der Waals surface area contributed by atoms with Gasteiger partial charge in [-0.3, -0.25) is 4.79 Å². The summed E-state index contributed by atoms with van der Waals surface area (Å²) in [5.74, 6) is -0.351. The van der Waals surface area contributed by atoms with E-state index in [9.17, 15) is 9.59 Å². The van der Waals surface area contributed by atoms with Gasteiger partial charge in [0.1, 0.15) is 12.3 Å². The number of rotatable bonds is 4. The number of benzene rings is 1. The Hall–Kier alpha value is -1.90. The lowest BCUT2D eigenvalue weighted by molar-refractivity contribution is -0.120. The highest BCUT2D eigenvalue weighted by molar-refractivity contribution is 5.89.